The van der Waals surface area contributed by atoms with Crippen LogP contribution in [0, 0.1) is 11.8 Å². The predicted molar refractivity (Wildman–Crippen MR) is 80.6 cm³/mol. The van der Waals surface area contributed by atoms with Crippen LogP contribution >= 0.6 is 27.5 Å². The molecule has 1 aromatic carbocycles. The van der Waals surface area contributed by atoms with Gasteiger partial charge in [0.25, 0.3) is 0 Å². The number of hydrogen-bond acceptors (Lipinski definition) is 1. The predicted octanol–water partition coefficient (Wildman–Crippen LogP) is 5.05. The van der Waals surface area contributed by atoms with Gasteiger partial charge in [-0.2, -0.15) is 0 Å². The van der Waals surface area contributed by atoms with E-state index in [1.165, 1.54) is 31.2 Å². The van der Waals surface area contributed by atoms with Gasteiger partial charge in [-0.3, -0.25) is 0 Å². The Morgan fingerprint density at radius 2 is 2.11 bits per heavy atom. The van der Waals surface area contributed by atoms with Gasteiger partial charge in [-0.15, -0.1) is 11.6 Å². The third-order valence-electron chi connectivity index (χ3n) is 4.00. The number of methoxy groups -OCH3 is 1. The summed E-state index contributed by atoms with van der Waals surface area (Å²) in [5.74, 6) is 3.08. The highest BCUT2D eigenvalue weighted by molar-refractivity contribution is 9.10. The van der Waals surface area contributed by atoms with E-state index in [2.05, 4.69) is 28.1 Å². The number of hydrogen-bond donors (Lipinski definition) is 0. The van der Waals surface area contributed by atoms with Crippen molar-refractivity contribution in [3.05, 3.63) is 28.2 Å². The molecule has 0 heterocycles. The third-order valence-corrected chi connectivity index (χ3v) is 5.17. The number of benzene rings is 1. The van der Waals surface area contributed by atoms with Crippen LogP contribution in [0.25, 0.3) is 0 Å². The van der Waals surface area contributed by atoms with Gasteiger partial charge in [0.15, 0.2) is 0 Å². The Morgan fingerprint density at radius 3 is 2.72 bits per heavy atom. The highest BCUT2D eigenvalue weighted by Gasteiger charge is 2.25. The number of halogens is 2. The first-order valence-electron chi connectivity index (χ1n) is 6.63. The molecule has 2 rings (SSSR count). The molecule has 0 amide bonds. The van der Waals surface area contributed by atoms with Gasteiger partial charge in [-0.05, 0) is 42.0 Å². The first-order valence-corrected chi connectivity index (χ1v) is 7.95. The molecular formula is C15H20BrClO. The Bertz CT molecular complexity index is 388. The molecule has 0 saturated heterocycles. The second-order valence-corrected chi connectivity index (χ2v) is 6.28. The molecule has 0 aromatic heterocycles. The van der Waals surface area contributed by atoms with E-state index in [1.54, 1.807) is 7.11 Å². The molecule has 0 bridgehead atoms. The molecule has 1 unspecified atom stereocenters. The number of ether oxygens (including phenoxy) is 1. The molecule has 0 radical (unpaired) electrons. The molecule has 1 fully saturated rings. The Kier molecular flexibility index (Phi) is 5.38. The monoisotopic (exact) mass is 330 g/mol. The topological polar surface area (TPSA) is 9.23 Å². The summed E-state index contributed by atoms with van der Waals surface area (Å²) in [4.78, 5) is 0. The molecule has 0 aliphatic heterocycles. The van der Waals surface area contributed by atoms with Crippen molar-refractivity contribution in [1.29, 1.82) is 0 Å². The maximum atomic E-state index is 6.18. The van der Waals surface area contributed by atoms with Crippen LogP contribution < -0.4 is 4.74 Å². The summed E-state index contributed by atoms with van der Waals surface area (Å²) in [6.07, 6.45) is 6.48. The standard InChI is InChI=1S/C15H20BrClO/c1-18-14-6-7-15(16)12(9-14)8-13(10-17)11-4-2-3-5-11/h6-7,9,11,13H,2-5,8,10H2,1H3. The zero-order chi connectivity index (χ0) is 13.0. The van der Waals surface area contributed by atoms with Crippen LogP contribution in [0.2, 0.25) is 0 Å². The quantitative estimate of drug-likeness (QED) is 0.686. The van der Waals surface area contributed by atoms with Crippen LogP contribution in [0.5, 0.6) is 5.75 Å². The lowest BCUT2D eigenvalue weighted by atomic mass is 9.87. The van der Waals surface area contributed by atoms with Crippen molar-refractivity contribution in [2.75, 3.05) is 13.0 Å². The first kappa shape index (κ1) is 14.2. The average molecular weight is 332 g/mol. The largest absolute Gasteiger partial charge is 0.497 e. The van der Waals surface area contributed by atoms with Crippen molar-refractivity contribution in [2.45, 2.75) is 32.1 Å². The van der Waals surface area contributed by atoms with Crippen molar-refractivity contribution in [3.63, 3.8) is 0 Å². The van der Waals surface area contributed by atoms with Crippen molar-refractivity contribution in [3.8, 4) is 5.75 Å². The smallest absolute Gasteiger partial charge is 0.119 e. The number of rotatable bonds is 5. The van der Waals surface area contributed by atoms with E-state index in [0.29, 0.717) is 5.92 Å². The molecule has 1 aliphatic rings. The molecule has 18 heavy (non-hydrogen) atoms. The van der Waals surface area contributed by atoms with Crippen LogP contribution in [-0.4, -0.2) is 13.0 Å². The summed E-state index contributed by atoms with van der Waals surface area (Å²) < 4.78 is 6.46. The summed E-state index contributed by atoms with van der Waals surface area (Å²) >= 11 is 9.80. The maximum absolute atomic E-state index is 6.18. The zero-order valence-corrected chi connectivity index (χ0v) is 13.1. The summed E-state index contributed by atoms with van der Waals surface area (Å²) in [7, 11) is 1.71. The molecule has 1 atom stereocenters. The molecule has 1 saturated carbocycles. The normalized spacial score (nSPS) is 17.9. The van der Waals surface area contributed by atoms with E-state index in [4.69, 9.17) is 16.3 Å². The average Bonchev–Trinajstić information content (AvgIpc) is 2.91. The van der Waals surface area contributed by atoms with Crippen molar-refractivity contribution >= 4 is 27.5 Å². The summed E-state index contributed by atoms with van der Waals surface area (Å²) in [5.41, 5.74) is 1.31. The summed E-state index contributed by atoms with van der Waals surface area (Å²) in [6, 6.07) is 6.17. The van der Waals surface area contributed by atoms with E-state index >= 15 is 0 Å². The van der Waals surface area contributed by atoms with Gasteiger partial charge in [-0.1, -0.05) is 41.6 Å². The van der Waals surface area contributed by atoms with Gasteiger partial charge in [0.2, 0.25) is 0 Å². The minimum Gasteiger partial charge on any atom is -0.497 e. The second kappa shape index (κ2) is 6.81. The van der Waals surface area contributed by atoms with E-state index in [9.17, 15) is 0 Å². The molecule has 3 heteroatoms. The van der Waals surface area contributed by atoms with Gasteiger partial charge >= 0.3 is 0 Å². The molecule has 1 aromatic rings. The minimum absolute atomic E-state index is 0.595. The molecule has 1 nitrogen and oxygen atoms in total. The molecule has 1 aliphatic carbocycles. The van der Waals surface area contributed by atoms with E-state index < -0.39 is 0 Å². The highest BCUT2D eigenvalue weighted by Crippen LogP contribution is 2.35. The Balaban J connectivity index is 2.10. The van der Waals surface area contributed by atoms with Gasteiger partial charge < -0.3 is 4.74 Å². The number of alkyl halides is 1. The zero-order valence-electron chi connectivity index (χ0n) is 10.8. The van der Waals surface area contributed by atoms with Crippen LogP contribution in [0.4, 0.5) is 0 Å². The Hall–Kier alpha value is -0.210. The van der Waals surface area contributed by atoms with E-state index in [0.717, 1.165) is 28.4 Å². The first-order chi connectivity index (χ1) is 8.74. The van der Waals surface area contributed by atoms with Crippen LogP contribution in [0.3, 0.4) is 0 Å². The van der Waals surface area contributed by atoms with Crippen molar-refractivity contribution in [2.24, 2.45) is 11.8 Å². The lowest BCUT2D eigenvalue weighted by Gasteiger charge is -2.21. The second-order valence-electron chi connectivity index (χ2n) is 5.12. The highest BCUT2D eigenvalue weighted by atomic mass is 79.9. The molecule has 100 valence electrons. The Labute approximate surface area is 123 Å². The lowest BCUT2D eigenvalue weighted by molar-refractivity contribution is 0.367. The van der Waals surface area contributed by atoms with Gasteiger partial charge in [0.1, 0.15) is 5.75 Å². The van der Waals surface area contributed by atoms with E-state index in [1.807, 2.05) is 6.07 Å². The van der Waals surface area contributed by atoms with E-state index in [-0.39, 0.29) is 0 Å². The minimum atomic E-state index is 0.595. The van der Waals surface area contributed by atoms with Crippen molar-refractivity contribution in [1.82, 2.24) is 0 Å². The van der Waals surface area contributed by atoms with Crippen LogP contribution in [-0.2, 0) is 6.42 Å². The third kappa shape index (κ3) is 3.42. The van der Waals surface area contributed by atoms with Crippen LogP contribution in [0.1, 0.15) is 31.2 Å². The fraction of sp³-hybridized carbons (Fsp3) is 0.600. The molecule has 0 N–H and O–H groups in total. The van der Waals surface area contributed by atoms with Gasteiger partial charge in [0, 0.05) is 10.4 Å². The van der Waals surface area contributed by atoms with Gasteiger partial charge in [0.05, 0.1) is 7.11 Å². The van der Waals surface area contributed by atoms with Gasteiger partial charge in [-0.25, -0.2) is 0 Å². The Morgan fingerprint density at radius 1 is 1.39 bits per heavy atom. The molecular weight excluding hydrogens is 312 g/mol. The van der Waals surface area contributed by atoms with Crippen LogP contribution in [0.15, 0.2) is 22.7 Å². The lowest BCUT2D eigenvalue weighted by Crippen LogP contribution is -2.16. The molecule has 0 spiro atoms. The maximum Gasteiger partial charge on any atom is 0.119 e. The van der Waals surface area contributed by atoms with Crippen molar-refractivity contribution < 1.29 is 4.74 Å². The fourth-order valence-electron chi connectivity index (χ4n) is 2.89. The summed E-state index contributed by atoms with van der Waals surface area (Å²) in [6.45, 7) is 0. The SMILES string of the molecule is COc1ccc(Br)c(CC(CCl)C2CCCC2)c1. The summed E-state index contributed by atoms with van der Waals surface area (Å²) in [5, 5.41) is 0. The fourth-order valence-corrected chi connectivity index (χ4v) is 3.66.